The van der Waals surface area contributed by atoms with Gasteiger partial charge in [0.1, 0.15) is 0 Å². The molecule has 3 fully saturated rings. The fraction of sp³-hybridized carbons (Fsp3) is 0.438. The molecule has 34 nitrogen and oxygen atoms in total. The molecule has 14 aromatic rings. The molecular weight excluding hydrogens is 1700 g/mol. The van der Waals surface area contributed by atoms with Crippen molar-refractivity contribution in [1.29, 1.82) is 0 Å². The predicted octanol–water partition coefficient (Wildman–Crippen LogP) is 22.2. The van der Waals surface area contributed by atoms with Crippen molar-refractivity contribution >= 4 is 80.5 Å². The van der Waals surface area contributed by atoms with Gasteiger partial charge in [-0.05, 0) is 162 Å². The molecule has 4 aromatic carbocycles. The van der Waals surface area contributed by atoms with E-state index in [1.165, 1.54) is 50.5 Å². The number of nitrogens with two attached hydrogens (primary N) is 1. The second-order valence-corrected chi connectivity index (χ2v) is 40.7. The zero-order chi connectivity index (χ0) is 148. The molecule has 2 unspecified atom stereocenters. The minimum atomic E-state index is -3.60. The van der Waals surface area contributed by atoms with Crippen LogP contribution in [0.1, 0.15) is 266 Å². The Balaban J connectivity index is -0.000000131. The number of hydrogen-bond donors (Lipinski definition) is 6. The van der Waals surface area contributed by atoms with Crippen LogP contribution >= 0.6 is 11.8 Å². The second-order valence-electron chi connectivity index (χ2n) is 38.1. The van der Waals surface area contributed by atoms with E-state index in [0.29, 0.717) is 49.7 Å². The first-order chi connectivity index (χ1) is 90.8. The number of anilines is 4. The molecule has 7 N–H and O–H groups in total. The summed E-state index contributed by atoms with van der Waals surface area (Å²) in [5.74, 6) is 6.06. The fourth-order valence-electron chi connectivity index (χ4n) is 16.1. The summed E-state index contributed by atoms with van der Waals surface area (Å²) in [6, 6.07) is 40.3. The second kappa shape index (κ2) is 41.3. The van der Waals surface area contributed by atoms with Crippen LogP contribution in [0.3, 0.4) is 0 Å². The number of aromatic nitrogens is 20. The van der Waals surface area contributed by atoms with E-state index in [1.807, 2.05) is 179 Å². The van der Waals surface area contributed by atoms with Crippen LogP contribution in [0.2, 0.25) is 0 Å². The molecule has 5 aliphatic heterocycles. The maximum atomic E-state index is 12.2. The number of sulfone groups is 1. The summed E-state index contributed by atoms with van der Waals surface area (Å²) in [5.41, 5.74) is 19.3. The average molecular weight is 1940 g/mol. The van der Waals surface area contributed by atoms with E-state index in [9.17, 15) is 8.42 Å². The van der Waals surface area contributed by atoms with Crippen molar-refractivity contribution in [1.82, 2.24) is 118 Å². The monoisotopic (exact) mass is 1940 g/mol. The Kier molecular flexibility index (Phi) is 20.3. The Morgan fingerprint density at radius 1 is 0.500 bits per heavy atom. The van der Waals surface area contributed by atoms with Crippen LogP contribution in [0.25, 0.3) is 39.7 Å². The SMILES string of the molecule is C.CC(C)(C)c1cnn2c(NCc3ccccc3-n3cccn3)nc(N3CCC(N)CC3)nc12.CC(C)(C)c1cnn2c(NCc3ccccc3-n3cccn3)nc(S(C)(=O)=O)nc12.CC1CCN(C2=NC3C(C(C)(C)C)C=NN3C(=NCc3ccccc3-n3cccn3)N2)CC1.CC1CCNCC1.CSc1nc(NCc2ccccc2-n2cccn2)n2ncc(C(C)(C)C)c2n1.[2HH].[2H][2H].[2H][2H].[2H][2H].[2H][2H].[2H][2H].[2H][2H].[2H][2H].[2H][2H].[2H][2H].[2H][2H].[2H][2H].[2H][2H].[2H][2H].[2H][2H].[2H][2H].[2H][2H].[2H][2H].[2H][2H].[2H][2H].[2H][2H].[2H][2H].[2H][2H].[2H][2H].[2H][2H].[2H][2H].[2H][2H].[2H][2H].[2H][2H]. The Hall–Kier alpha value is -12.8. The van der Waals surface area contributed by atoms with Crippen molar-refractivity contribution < 1.29 is 93.0 Å². The highest BCUT2D eigenvalue weighted by Gasteiger charge is 2.44. The summed E-state index contributed by atoms with van der Waals surface area (Å²) in [4.78, 5) is 42.5. The number of piperidine rings is 3. The summed E-state index contributed by atoms with van der Waals surface area (Å²) < 4.78 is 317. The molecule has 132 heavy (non-hydrogen) atoms. The maximum absolute atomic E-state index is 12.2. The van der Waals surface area contributed by atoms with E-state index in [4.69, 9.17) is 119 Å². The van der Waals surface area contributed by atoms with Crippen LogP contribution in [0.15, 0.2) is 215 Å². The van der Waals surface area contributed by atoms with Crippen molar-refractivity contribution in [3.8, 4) is 22.7 Å². The molecule has 36 heteroatoms. The summed E-state index contributed by atoms with van der Waals surface area (Å²) in [6.07, 6.45) is 32.4. The highest BCUT2D eigenvalue weighted by atomic mass is 32.2. The molecule has 5 aliphatic rings. The lowest BCUT2D eigenvalue weighted by Crippen LogP contribution is -2.58. The smallest absolute Gasteiger partial charge is 0.252 e. The van der Waals surface area contributed by atoms with E-state index in [1.54, 1.807) is 44.7 Å². The molecule has 10 aromatic heterocycles. The van der Waals surface area contributed by atoms with Gasteiger partial charge in [0.05, 0.1) is 47.9 Å². The molecular formula is C96H186N32O2S2. The molecule has 0 saturated carbocycles. The van der Waals surface area contributed by atoms with Crippen LogP contribution in [0, 0.1) is 23.2 Å². The molecule has 0 radical (unpaired) electrons. The van der Waals surface area contributed by atoms with E-state index in [-0.39, 0.29) is 53.8 Å². The van der Waals surface area contributed by atoms with Gasteiger partial charge in [-0.15, -0.1) is 0 Å². The Labute approximate surface area is 866 Å². The van der Waals surface area contributed by atoms with E-state index >= 15 is 0 Å². The lowest BCUT2D eigenvalue weighted by molar-refractivity contribution is 0.197. The van der Waals surface area contributed by atoms with Gasteiger partial charge in [0.25, 0.3) is 5.16 Å². The van der Waals surface area contributed by atoms with Crippen LogP contribution in [-0.4, -0.2) is 198 Å². The van der Waals surface area contributed by atoms with Gasteiger partial charge >= 0.3 is 0 Å². The number of likely N-dealkylation sites (tertiary alicyclic amines) is 1. The first kappa shape index (κ1) is 64.9. The molecule has 754 valence electrons. The van der Waals surface area contributed by atoms with Crippen LogP contribution in [-0.2, 0) is 52.3 Å². The van der Waals surface area contributed by atoms with E-state index in [0.717, 1.165) is 153 Å². The number of aliphatic imine (C=N–C) groups is 2. The Bertz CT molecular complexity index is 6510. The number of benzene rings is 4. The van der Waals surface area contributed by atoms with Gasteiger partial charge in [0, 0.05) is 221 Å². The summed E-state index contributed by atoms with van der Waals surface area (Å²) in [7, 11) is -3.60. The van der Waals surface area contributed by atoms with Gasteiger partial charge < -0.3 is 36.8 Å². The average Bonchev–Trinajstić information content (AvgIpc) is 1.65. The molecule has 0 bridgehead atoms. The van der Waals surface area contributed by atoms with Gasteiger partial charge in [-0.1, -0.05) is 189 Å². The number of para-hydroxylation sites is 4. The fourth-order valence-corrected chi connectivity index (χ4v) is 16.9. The van der Waals surface area contributed by atoms with Crippen molar-refractivity contribution in [2.45, 2.75) is 208 Å². The molecule has 2 atom stereocenters. The highest BCUT2D eigenvalue weighted by molar-refractivity contribution is 7.98. The van der Waals surface area contributed by atoms with Crippen molar-refractivity contribution in [3.05, 3.63) is 228 Å². The molecule has 0 amide bonds. The third-order valence-corrected chi connectivity index (χ3v) is 25.2. The van der Waals surface area contributed by atoms with Gasteiger partial charge in [0.2, 0.25) is 45.5 Å². The highest BCUT2D eigenvalue weighted by Crippen LogP contribution is 2.38. The standard InChI is InChI=1S/C25H34N8.C24H31N9.C20H23N7O2S.C20H23N7S.C6H13N.CH4.29H2/c1-18-10-14-31(15-11-18)24-29-22-20(25(2,3)4)17-28-33(22)23(30-24)26-16-19-8-5-6-9-21(19)32-13-7-12-27-32;1-24(2,3)19-16-28-33-21(19)29-23(31-13-9-18(25)10-14-31)30-22(33)26-15-17-7-4-5-8-20(17)32-12-6-11-27-32;1-20(2,3)15-13-23-27-17(15)24-19(30(4,28)29)25-18(27)21-12-14-8-5-6-9-16(14)26-11-7-10-22-26;1-20(2,3)15-13-23-27-17(15)24-19(28-4)25-18(27)21-12-14-8-5-6-9-16(14)26-11-7-10-22-26;1-6-2-4-7-5-3-6;;;;;;;;;;;;;;;;;;;;;;;;;;;;;;/h5-9,12-13,17-18,20,22H,10-11,14-16H2,1-4H3,(H,26,29,30);4-8,11-12,16,18H,9-10,13-15,25H2,1-3H3,(H,26,29,30);5-11,13H,12H2,1-4H3,(H,21,24,25);5-11,13H,12H2,1-4H3,(H,21,24,25);6-7H,2-5H2,1H3;1H4;29*1H/i;;;;;;28*1+1D;1+1. The van der Waals surface area contributed by atoms with Crippen LogP contribution in [0.5, 0.6) is 0 Å². The van der Waals surface area contributed by atoms with Gasteiger partial charge in [-0.2, -0.15) is 79.3 Å². The lowest BCUT2D eigenvalue weighted by atomic mass is 9.80. The summed E-state index contributed by atoms with van der Waals surface area (Å²) >= 11 is 1.53. The Morgan fingerprint density at radius 3 is 1.31 bits per heavy atom. The maximum Gasteiger partial charge on any atom is 0.252 e. The van der Waals surface area contributed by atoms with Gasteiger partial charge in [-0.25, -0.2) is 47.1 Å². The van der Waals surface area contributed by atoms with Gasteiger partial charge in [-0.3, -0.25) is 5.32 Å². The topological polar surface area (TPSA) is 368 Å². The number of fused-ring (bicyclic) bond motifs is 4. The summed E-state index contributed by atoms with van der Waals surface area (Å²) in [6.45, 7) is 38.9. The van der Waals surface area contributed by atoms with Crippen molar-refractivity contribution in [2.24, 2.45) is 44.0 Å². The normalized spacial score (nSPS) is 18.4. The molecule has 0 aliphatic carbocycles. The van der Waals surface area contributed by atoms with Gasteiger partial charge in [0.15, 0.2) is 28.3 Å². The third-order valence-electron chi connectivity index (χ3n) is 23.8. The molecule has 0 spiro atoms. The van der Waals surface area contributed by atoms with E-state index < -0.39 is 9.84 Å². The number of thioether (sulfide) groups is 1. The first-order valence-electron chi connectivity index (χ1n) is 73.1. The quantitative estimate of drug-likeness (QED) is 0.0435. The van der Waals surface area contributed by atoms with Crippen LogP contribution < -0.4 is 37.2 Å². The van der Waals surface area contributed by atoms with Crippen molar-refractivity contribution in [2.75, 3.05) is 72.6 Å². The Morgan fingerprint density at radius 2 is 0.902 bits per heavy atom. The molecule has 3 saturated heterocycles. The first-order valence-corrected chi connectivity index (χ1v) is 48.2. The number of nitrogens with one attached hydrogen (secondary N) is 5. The predicted molar refractivity (Wildman–Crippen MR) is 587 cm³/mol. The minimum Gasteiger partial charge on any atom is -0.350 e. The lowest BCUT2D eigenvalue weighted by Gasteiger charge is -2.40. The number of rotatable bonds is 18. The number of guanidine groups is 2. The minimum absolute atomic E-state index is 0. The number of hydrogen-bond acceptors (Lipinski definition) is 26. The number of nitrogens with zero attached hydrogens (tertiary/aromatic N) is 26. The zero-order valence-electron chi connectivity index (χ0n) is 134. The third kappa shape index (κ3) is 22.8. The molecule has 19 rings (SSSR count). The van der Waals surface area contributed by atoms with Crippen LogP contribution in [0.4, 0.5) is 23.8 Å². The summed E-state index contributed by atoms with van der Waals surface area (Å²) in [5, 5.41) is 55.3. The van der Waals surface area contributed by atoms with E-state index in [2.05, 4.69) is 200 Å². The largest absolute Gasteiger partial charge is 0.350 e. The number of hydrazone groups is 1. The molecule has 15 heterocycles. The van der Waals surface area contributed by atoms with Crippen molar-refractivity contribution in [3.63, 3.8) is 0 Å². The zero-order valence-corrected chi connectivity index (χ0v) is 79.6.